The first-order valence-electron chi connectivity index (χ1n) is 8.46. The Morgan fingerprint density at radius 3 is 2.73 bits per heavy atom. The molecule has 0 bridgehead atoms. The smallest absolute Gasteiger partial charge is 0.318 e. The van der Waals surface area contributed by atoms with Crippen molar-refractivity contribution in [2.24, 2.45) is 0 Å². The predicted molar refractivity (Wildman–Crippen MR) is 94.6 cm³/mol. The molecule has 26 heavy (non-hydrogen) atoms. The molecular formula is C19H18FN5O. The third-order valence-corrected chi connectivity index (χ3v) is 4.46. The fourth-order valence-electron chi connectivity index (χ4n) is 3.04. The highest BCUT2D eigenvalue weighted by Crippen LogP contribution is 2.18. The first-order valence-corrected chi connectivity index (χ1v) is 8.46. The van der Waals surface area contributed by atoms with Crippen LogP contribution in [0.2, 0.25) is 0 Å². The molecule has 0 radical (unpaired) electrons. The van der Waals surface area contributed by atoms with E-state index in [1.807, 2.05) is 12.1 Å². The van der Waals surface area contributed by atoms with Gasteiger partial charge >= 0.3 is 6.03 Å². The van der Waals surface area contributed by atoms with Crippen LogP contribution in [0.3, 0.4) is 0 Å². The van der Waals surface area contributed by atoms with Gasteiger partial charge in [-0.15, -0.1) is 0 Å². The number of halogens is 1. The maximum absolute atomic E-state index is 13.0. The highest BCUT2D eigenvalue weighted by Gasteiger charge is 2.20. The number of H-pyrrole nitrogens is 1. The molecule has 2 heterocycles. The molecule has 0 saturated carbocycles. The van der Waals surface area contributed by atoms with Gasteiger partial charge in [0, 0.05) is 18.7 Å². The van der Waals surface area contributed by atoms with Crippen molar-refractivity contribution < 1.29 is 9.18 Å². The average Bonchev–Trinajstić information content (AvgIpc) is 3.15. The van der Waals surface area contributed by atoms with Crippen molar-refractivity contribution in [2.45, 2.75) is 19.5 Å². The summed E-state index contributed by atoms with van der Waals surface area (Å²) in [5.41, 5.74) is 3.20. The molecule has 0 unspecified atom stereocenters. The van der Waals surface area contributed by atoms with Crippen molar-refractivity contribution in [3.63, 3.8) is 0 Å². The zero-order chi connectivity index (χ0) is 17.9. The van der Waals surface area contributed by atoms with Crippen LogP contribution >= 0.6 is 0 Å². The Balaban J connectivity index is 1.36. The summed E-state index contributed by atoms with van der Waals surface area (Å²) in [5.74, 6) is 0.719. The second-order valence-electron chi connectivity index (χ2n) is 6.21. The molecule has 2 amide bonds. The minimum absolute atomic E-state index is 0.126. The van der Waals surface area contributed by atoms with E-state index >= 15 is 0 Å². The number of benzene rings is 2. The van der Waals surface area contributed by atoms with Gasteiger partial charge in [0.15, 0.2) is 5.82 Å². The maximum Gasteiger partial charge on any atom is 0.318 e. The van der Waals surface area contributed by atoms with Gasteiger partial charge in [0.2, 0.25) is 0 Å². The second-order valence-corrected chi connectivity index (χ2v) is 6.21. The molecule has 2 aromatic carbocycles. The molecule has 132 valence electrons. The van der Waals surface area contributed by atoms with Gasteiger partial charge in [-0.3, -0.25) is 5.10 Å². The van der Waals surface area contributed by atoms with Gasteiger partial charge in [0.25, 0.3) is 0 Å². The van der Waals surface area contributed by atoms with Gasteiger partial charge in [-0.2, -0.15) is 5.10 Å². The Labute approximate surface area is 150 Å². The van der Waals surface area contributed by atoms with E-state index in [1.54, 1.807) is 17.0 Å². The van der Waals surface area contributed by atoms with Crippen LogP contribution in [0.15, 0.2) is 48.5 Å². The third-order valence-electron chi connectivity index (χ3n) is 4.46. The highest BCUT2D eigenvalue weighted by atomic mass is 19.1. The Bertz CT molecular complexity index is 922. The Morgan fingerprint density at radius 2 is 1.92 bits per heavy atom. The lowest BCUT2D eigenvalue weighted by atomic mass is 10.0. The van der Waals surface area contributed by atoms with Crippen LogP contribution in [-0.4, -0.2) is 32.7 Å². The average molecular weight is 351 g/mol. The van der Waals surface area contributed by atoms with E-state index in [1.165, 1.54) is 23.3 Å². The van der Waals surface area contributed by atoms with Crippen molar-refractivity contribution in [2.75, 3.05) is 6.54 Å². The van der Waals surface area contributed by atoms with E-state index in [-0.39, 0.29) is 18.4 Å². The van der Waals surface area contributed by atoms with Crippen molar-refractivity contribution in [1.82, 2.24) is 25.4 Å². The number of nitrogens with zero attached hydrogens (tertiary/aromatic N) is 3. The molecule has 0 aliphatic carbocycles. The summed E-state index contributed by atoms with van der Waals surface area (Å²) < 4.78 is 13.0. The number of aromatic nitrogens is 3. The number of hydrogen-bond donors (Lipinski definition) is 2. The number of fused-ring (bicyclic) bond motifs is 1. The lowest BCUT2D eigenvalue weighted by Gasteiger charge is -2.28. The van der Waals surface area contributed by atoms with Gasteiger partial charge in [-0.05, 0) is 41.8 Å². The number of urea groups is 1. The van der Waals surface area contributed by atoms with Gasteiger partial charge in [0.1, 0.15) is 11.6 Å². The Hall–Kier alpha value is -3.22. The molecule has 1 aliphatic rings. The van der Waals surface area contributed by atoms with Crippen LogP contribution in [0.25, 0.3) is 11.4 Å². The summed E-state index contributed by atoms with van der Waals surface area (Å²) in [6.45, 7) is 1.56. The first-order chi connectivity index (χ1) is 12.7. The van der Waals surface area contributed by atoms with Crippen molar-refractivity contribution in [3.05, 3.63) is 71.3 Å². The van der Waals surface area contributed by atoms with E-state index in [0.29, 0.717) is 30.3 Å². The van der Waals surface area contributed by atoms with Crippen LogP contribution in [-0.2, 0) is 19.5 Å². The van der Waals surface area contributed by atoms with Crippen molar-refractivity contribution in [1.29, 1.82) is 0 Å². The number of carbonyl (C=O) groups excluding carboxylic acids is 1. The SMILES string of the molecule is O=C(NCc1nc(-c2ccc(F)cc2)n[nH]1)N1CCc2ccccc2C1. The van der Waals surface area contributed by atoms with E-state index in [2.05, 4.69) is 32.6 Å². The number of carbonyl (C=O) groups is 1. The van der Waals surface area contributed by atoms with E-state index in [0.717, 1.165) is 6.42 Å². The monoisotopic (exact) mass is 351 g/mol. The molecule has 3 aromatic rings. The highest BCUT2D eigenvalue weighted by molar-refractivity contribution is 5.74. The zero-order valence-corrected chi connectivity index (χ0v) is 14.1. The van der Waals surface area contributed by atoms with Crippen molar-refractivity contribution in [3.8, 4) is 11.4 Å². The summed E-state index contributed by atoms with van der Waals surface area (Å²) in [6, 6.07) is 14.0. The molecule has 6 nitrogen and oxygen atoms in total. The second kappa shape index (κ2) is 6.95. The minimum atomic E-state index is -0.306. The van der Waals surface area contributed by atoms with Crippen molar-refractivity contribution >= 4 is 6.03 Å². The summed E-state index contributed by atoms with van der Waals surface area (Å²) in [5, 5.41) is 9.78. The summed E-state index contributed by atoms with van der Waals surface area (Å²) in [6.07, 6.45) is 0.862. The normalized spacial score (nSPS) is 13.3. The lowest BCUT2D eigenvalue weighted by molar-refractivity contribution is 0.191. The Morgan fingerprint density at radius 1 is 1.15 bits per heavy atom. The van der Waals surface area contributed by atoms with E-state index < -0.39 is 0 Å². The maximum atomic E-state index is 13.0. The van der Waals surface area contributed by atoms with Crippen LogP contribution in [0.4, 0.5) is 9.18 Å². The summed E-state index contributed by atoms with van der Waals surface area (Å²) in [7, 11) is 0. The van der Waals surface area contributed by atoms with Gasteiger partial charge in [-0.1, -0.05) is 24.3 Å². The molecule has 1 aliphatic heterocycles. The predicted octanol–water partition coefficient (Wildman–Crippen LogP) is 2.88. The standard InChI is InChI=1S/C19H18FN5O/c20-16-7-5-14(6-8-16)18-22-17(23-24-18)11-21-19(26)25-10-9-13-3-1-2-4-15(13)12-25/h1-8H,9-12H2,(H,21,26)(H,22,23,24). The van der Waals surface area contributed by atoms with Gasteiger partial charge < -0.3 is 10.2 Å². The molecule has 4 rings (SSSR count). The molecular weight excluding hydrogens is 333 g/mol. The quantitative estimate of drug-likeness (QED) is 0.762. The van der Waals surface area contributed by atoms with Crippen LogP contribution in [0.5, 0.6) is 0 Å². The zero-order valence-electron chi connectivity index (χ0n) is 14.1. The largest absolute Gasteiger partial charge is 0.331 e. The summed E-state index contributed by atoms with van der Waals surface area (Å²) in [4.78, 5) is 18.5. The van der Waals surface area contributed by atoms with Gasteiger partial charge in [-0.25, -0.2) is 14.2 Å². The molecule has 0 spiro atoms. The molecule has 2 N–H and O–H groups in total. The molecule has 0 saturated heterocycles. The summed E-state index contributed by atoms with van der Waals surface area (Å²) >= 11 is 0. The van der Waals surface area contributed by atoms with E-state index in [4.69, 9.17) is 0 Å². The fourth-order valence-corrected chi connectivity index (χ4v) is 3.04. The number of rotatable bonds is 3. The first kappa shape index (κ1) is 16.3. The van der Waals surface area contributed by atoms with Crippen LogP contribution in [0.1, 0.15) is 17.0 Å². The van der Waals surface area contributed by atoms with Crippen LogP contribution < -0.4 is 5.32 Å². The molecule has 7 heteroatoms. The number of nitrogens with one attached hydrogen (secondary N) is 2. The fraction of sp³-hybridized carbons (Fsp3) is 0.211. The van der Waals surface area contributed by atoms with Crippen LogP contribution in [0, 0.1) is 5.82 Å². The van der Waals surface area contributed by atoms with E-state index in [9.17, 15) is 9.18 Å². The third kappa shape index (κ3) is 3.42. The number of aromatic amines is 1. The molecule has 0 atom stereocenters. The molecule has 0 fully saturated rings. The number of hydrogen-bond acceptors (Lipinski definition) is 3. The minimum Gasteiger partial charge on any atom is -0.331 e. The molecule has 1 aromatic heterocycles. The Kier molecular flexibility index (Phi) is 4.35. The topological polar surface area (TPSA) is 73.9 Å². The van der Waals surface area contributed by atoms with Gasteiger partial charge in [0.05, 0.1) is 6.54 Å². The lowest BCUT2D eigenvalue weighted by Crippen LogP contribution is -2.42. The number of amides is 2.